The van der Waals surface area contributed by atoms with E-state index >= 15 is 0 Å². The summed E-state index contributed by atoms with van der Waals surface area (Å²) < 4.78 is 10.5. The molecule has 1 heterocycles. The van der Waals surface area contributed by atoms with E-state index in [2.05, 4.69) is 9.97 Å². The molecule has 0 spiro atoms. The maximum absolute atomic E-state index is 6.11. The molecule has 3 N–H and O–H groups in total. The summed E-state index contributed by atoms with van der Waals surface area (Å²) in [4.78, 5) is 7.25. The van der Waals surface area contributed by atoms with Gasteiger partial charge in [0.05, 0.1) is 20.8 Å². The topological polar surface area (TPSA) is 73.2 Å². The molecular formula is C12H14ClN3O2. The monoisotopic (exact) mass is 267 g/mol. The van der Waals surface area contributed by atoms with Crippen LogP contribution in [-0.2, 0) is 6.54 Å². The standard InChI is InChI=1S/C12H14ClN3O2/c1-17-7-3-4-9(18-2)8(5-7)11-12(13)16-10(6-14)15-11/h3-5H,6,14H2,1-2H3,(H,15,16). The van der Waals surface area contributed by atoms with Crippen LogP contribution >= 0.6 is 11.6 Å². The molecule has 1 aromatic heterocycles. The highest BCUT2D eigenvalue weighted by Gasteiger charge is 2.15. The molecule has 2 aromatic rings. The molecular weight excluding hydrogens is 254 g/mol. The van der Waals surface area contributed by atoms with Crippen LogP contribution < -0.4 is 15.2 Å². The molecule has 6 heteroatoms. The van der Waals surface area contributed by atoms with Crippen LogP contribution in [0.2, 0.25) is 5.15 Å². The number of hydrogen-bond donors (Lipinski definition) is 2. The molecule has 0 unspecified atom stereocenters. The van der Waals surface area contributed by atoms with E-state index in [4.69, 9.17) is 26.8 Å². The number of nitrogens with zero attached hydrogens (tertiary/aromatic N) is 1. The van der Waals surface area contributed by atoms with Gasteiger partial charge in [0.2, 0.25) is 0 Å². The maximum atomic E-state index is 6.11. The predicted octanol–water partition coefficient (Wildman–Crippen LogP) is 2.21. The Morgan fingerprint density at radius 1 is 1.33 bits per heavy atom. The quantitative estimate of drug-likeness (QED) is 0.891. The molecule has 1 aromatic carbocycles. The Morgan fingerprint density at radius 3 is 2.67 bits per heavy atom. The van der Waals surface area contributed by atoms with E-state index < -0.39 is 0 Å². The zero-order chi connectivity index (χ0) is 13.1. The number of rotatable bonds is 4. The summed E-state index contributed by atoms with van der Waals surface area (Å²) in [5.41, 5.74) is 6.89. The van der Waals surface area contributed by atoms with E-state index in [-0.39, 0.29) is 0 Å². The first-order chi connectivity index (χ1) is 8.69. The second kappa shape index (κ2) is 5.29. The summed E-state index contributed by atoms with van der Waals surface area (Å²) in [6, 6.07) is 5.44. The molecule has 0 fully saturated rings. The summed E-state index contributed by atoms with van der Waals surface area (Å²) in [6.45, 7) is 0.298. The Bertz CT molecular complexity index is 554. The average molecular weight is 268 g/mol. The maximum Gasteiger partial charge on any atom is 0.134 e. The second-order valence-electron chi connectivity index (χ2n) is 3.62. The minimum Gasteiger partial charge on any atom is -0.497 e. The molecule has 2 rings (SSSR count). The number of H-pyrrole nitrogens is 1. The minimum absolute atomic E-state index is 0.298. The number of ether oxygens (including phenoxy) is 2. The van der Waals surface area contributed by atoms with Gasteiger partial charge in [0.15, 0.2) is 0 Å². The Labute approximate surface area is 110 Å². The van der Waals surface area contributed by atoms with Crippen LogP contribution in [0.25, 0.3) is 11.3 Å². The van der Waals surface area contributed by atoms with Crippen molar-refractivity contribution < 1.29 is 9.47 Å². The Hall–Kier alpha value is -1.72. The summed E-state index contributed by atoms with van der Waals surface area (Å²) in [7, 11) is 3.19. The molecule has 18 heavy (non-hydrogen) atoms. The number of aromatic nitrogens is 2. The van der Waals surface area contributed by atoms with E-state index in [9.17, 15) is 0 Å². The molecule has 0 aliphatic heterocycles. The Morgan fingerprint density at radius 2 is 2.11 bits per heavy atom. The van der Waals surface area contributed by atoms with Crippen LogP contribution in [0.4, 0.5) is 0 Å². The number of nitrogens with one attached hydrogen (secondary N) is 1. The smallest absolute Gasteiger partial charge is 0.134 e. The molecule has 0 bridgehead atoms. The largest absolute Gasteiger partial charge is 0.497 e. The number of nitrogens with two attached hydrogens (primary N) is 1. The molecule has 0 radical (unpaired) electrons. The highest BCUT2D eigenvalue weighted by atomic mass is 35.5. The van der Waals surface area contributed by atoms with Gasteiger partial charge < -0.3 is 20.2 Å². The summed E-state index contributed by atoms with van der Waals surface area (Å²) in [5.74, 6) is 2.01. The zero-order valence-electron chi connectivity index (χ0n) is 10.2. The summed E-state index contributed by atoms with van der Waals surface area (Å²) in [5, 5.41) is 0.432. The van der Waals surface area contributed by atoms with E-state index in [0.717, 1.165) is 5.56 Å². The van der Waals surface area contributed by atoms with Crippen molar-refractivity contribution in [1.82, 2.24) is 9.97 Å². The third-order valence-corrected chi connectivity index (χ3v) is 2.84. The lowest BCUT2D eigenvalue weighted by molar-refractivity contribution is 0.404. The number of hydrogen-bond acceptors (Lipinski definition) is 4. The van der Waals surface area contributed by atoms with Crippen molar-refractivity contribution in [2.24, 2.45) is 5.73 Å². The zero-order valence-corrected chi connectivity index (χ0v) is 10.9. The van der Waals surface area contributed by atoms with Crippen molar-refractivity contribution in [2.75, 3.05) is 14.2 Å². The number of halogens is 1. The van der Waals surface area contributed by atoms with Crippen molar-refractivity contribution in [1.29, 1.82) is 0 Å². The van der Waals surface area contributed by atoms with Crippen molar-refractivity contribution in [3.8, 4) is 22.8 Å². The molecule has 0 atom stereocenters. The van der Waals surface area contributed by atoms with Gasteiger partial charge in [0, 0.05) is 5.56 Å². The highest BCUT2D eigenvalue weighted by Crippen LogP contribution is 2.35. The number of aromatic amines is 1. The van der Waals surface area contributed by atoms with Gasteiger partial charge >= 0.3 is 0 Å². The van der Waals surface area contributed by atoms with Gasteiger partial charge in [-0.1, -0.05) is 11.6 Å². The summed E-state index contributed by atoms with van der Waals surface area (Å²) in [6.07, 6.45) is 0. The first-order valence-corrected chi connectivity index (χ1v) is 5.74. The molecule has 0 aliphatic carbocycles. The normalized spacial score (nSPS) is 10.4. The first kappa shape index (κ1) is 12.7. The van der Waals surface area contributed by atoms with Crippen LogP contribution in [-0.4, -0.2) is 24.2 Å². The lowest BCUT2D eigenvalue weighted by Gasteiger charge is -2.08. The van der Waals surface area contributed by atoms with Crippen LogP contribution in [0.15, 0.2) is 18.2 Å². The number of imidazole rings is 1. The Balaban J connectivity index is 2.56. The molecule has 0 aliphatic rings. The fourth-order valence-corrected chi connectivity index (χ4v) is 1.93. The lowest BCUT2D eigenvalue weighted by atomic mass is 10.1. The van der Waals surface area contributed by atoms with Gasteiger partial charge in [-0.2, -0.15) is 0 Å². The van der Waals surface area contributed by atoms with E-state index in [0.29, 0.717) is 34.7 Å². The van der Waals surface area contributed by atoms with Crippen molar-refractivity contribution in [2.45, 2.75) is 6.54 Å². The van der Waals surface area contributed by atoms with Gasteiger partial charge in [-0.15, -0.1) is 0 Å². The van der Waals surface area contributed by atoms with E-state index in [1.807, 2.05) is 12.1 Å². The number of methoxy groups -OCH3 is 2. The van der Waals surface area contributed by atoms with Gasteiger partial charge in [-0.05, 0) is 18.2 Å². The van der Waals surface area contributed by atoms with Gasteiger partial charge in [-0.25, -0.2) is 4.98 Å². The van der Waals surface area contributed by atoms with E-state index in [1.165, 1.54) is 0 Å². The molecule has 5 nitrogen and oxygen atoms in total. The molecule has 0 amide bonds. The molecule has 0 saturated carbocycles. The lowest BCUT2D eigenvalue weighted by Crippen LogP contribution is -1.98. The fraction of sp³-hybridized carbons (Fsp3) is 0.250. The third-order valence-electron chi connectivity index (χ3n) is 2.56. The van der Waals surface area contributed by atoms with Crippen molar-refractivity contribution in [3.05, 3.63) is 29.2 Å². The van der Waals surface area contributed by atoms with Crippen LogP contribution in [0.3, 0.4) is 0 Å². The minimum atomic E-state index is 0.298. The fourth-order valence-electron chi connectivity index (χ4n) is 1.67. The molecule has 0 saturated heterocycles. The third kappa shape index (κ3) is 2.27. The van der Waals surface area contributed by atoms with Crippen LogP contribution in [0.1, 0.15) is 5.82 Å². The number of benzene rings is 1. The van der Waals surface area contributed by atoms with Gasteiger partial charge in [0.1, 0.15) is 28.2 Å². The van der Waals surface area contributed by atoms with E-state index in [1.54, 1.807) is 20.3 Å². The highest BCUT2D eigenvalue weighted by molar-refractivity contribution is 6.32. The van der Waals surface area contributed by atoms with Crippen molar-refractivity contribution in [3.63, 3.8) is 0 Å². The summed E-state index contributed by atoms with van der Waals surface area (Å²) >= 11 is 6.11. The Kier molecular flexibility index (Phi) is 3.74. The second-order valence-corrected chi connectivity index (χ2v) is 3.99. The average Bonchev–Trinajstić information content (AvgIpc) is 2.79. The predicted molar refractivity (Wildman–Crippen MR) is 70.0 cm³/mol. The SMILES string of the molecule is COc1ccc(OC)c(-c2nc(CN)[nH]c2Cl)c1. The van der Waals surface area contributed by atoms with Crippen molar-refractivity contribution >= 4 is 11.6 Å². The first-order valence-electron chi connectivity index (χ1n) is 5.36. The van der Waals surface area contributed by atoms with Crippen LogP contribution in [0, 0.1) is 0 Å². The molecule has 96 valence electrons. The van der Waals surface area contributed by atoms with Gasteiger partial charge in [0.25, 0.3) is 0 Å². The van der Waals surface area contributed by atoms with Crippen LogP contribution in [0.5, 0.6) is 11.5 Å². The van der Waals surface area contributed by atoms with Gasteiger partial charge in [-0.3, -0.25) is 0 Å².